The molecule has 0 bridgehead atoms. The molecular formula is C18H24N4O3. The second-order valence-corrected chi connectivity index (χ2v) is 6.42. The fraction of sp³-hybridized carbons (Fsp3) is 0.500. The Balaban J connectivity index is 2.01. The van der Waals surface area contributed by atoms with Crippen LogP contribution in [0.25, 0.3) is 11.3 Å². The molecular weight excluding hydrogens is 320 g/mol. The zero-order valence-corrected chi connectivity index (χ0v) is 15.1. The third kappa shape index (κ3) is 3.60. The van der Waals surface area contributed by atoms with E-state index < -0.39 is 5.97 Å². The third-order valence-electron chi connectivity index (χ3n) is 3.92. The van der Waals surface area contributed by atoms with Crippen molar-refractivity contribution < 1.29 is 14.3 Å². The Morgan fingerprint density at radius 2 is 2.28 bits per heavy atom. The maximum absolute atomic E-state index is 12.5. The lowest BCUT2D eigenvalue weighted by molar-refractivity contribution is 0.0515. The second-order valence-electron chi connectivity index (χ2n) is 6.42. The maximum Gasteiger partial charge on any atom is 0.345 e. The molecule has 0 spiro atoms. The molecule has 7 heteroatoms. The highest BCUT2D eigenvalue weighted by molar-refractivity contribution is 5.98. The molecule has 1 aliphatic heterocycles. The monoisotopic (exact) mass is 344 g/mol. The van der Waals surface area contributed by atoms with Gasteiger partial charge in [-0.05, 0) is 39.8 Å². The van der Waals surface area contributed by atoms with Crippen molar-refractivity contribution in [1.82, 2.24) is 14.8 Å². The molecule has 0 fully saturated rings. The van der Waals surface area contributed by atoms with Crippen LogP contribution >= 0.6 is 0 Å². The Labute approximate surface area is 147 Å². The summed E-state index contributed by atoms with van der Waals surface area (Å²) in [5.41, 5.74) is 1.68. The molecule has 2 aromatic heterocycles. The van der Waals surface area contributed by atoms with Gasteiger partial charge in [0.15, 0.2) is 0 Å². The molecule has 3 heterocycles. The van der Waals surface area contributed by atoms with Gasteiger partial charge in [0.1, 0.15) is 17.1 Å². The van der Waals surface area contributed by atoms with Crippen molar-refractivity contribution in [2.45, 2.75) is 52.8 Å². The summed E-state index contributed by atoms with van der Waals surface area (Å²) in [4.78, 5) is 16.9. The average molecular weight is 344 g/mol. The van der Waals surface area contributed by atoms with Crippen LogP contribution in [-0.4, -0.2) is 39.5 Å². The minimum Gasteiger partial charge on any atom is -0.474 e. The number of fused-ring (bicyclic) bond motifs is 1. The number of anilines is 1. The molecule has 0 saturated heterocycles. The number of aromatic nitrogens is 3. The number of carbonyl (C=O) groups is 1. The van der Waals surface area contributed by atoms with Gasteiger partial charge in [0.2, 0.25) is 5.88 Å². The standard InChI is InChI=1S/C18H24N4O3/c1-5-24-18(23)15-16(21-22-9-8-12(4)25-17(15)22)13-6-7-14(19-10-13)20-11(2)3/h6-7,10-12H,5,8-9H2,1-4H3,(H,19,20). The van der Waals surface area contributed by atoms with Gasteiger partial charge in [-0.3, -0.25) is 0 Å². The van der Waals surface area contributed by atoms with E-state index >= 15 is 0 Å². The molecule has 25 heavy (non-hydrogen) atoms. The SMILES string of the molecule is CCOC(=O)c1c(-c2ccc(NC(C)C)nc2)nn2c1OC(C)CC2. The second kappa shape index (κ2) is 7.13. The van der Waals surface area contributed by atoms with Gasteiger partial charge in [-0.1, -0.05) is 0 Å². The summed E-state index contributed by atoms with van der Waals surface area (Å²) < 4.78 is 12.8. The molecule has 0 saturated carbocycles. The Morgan fingerprint density at radius 3 is 2.92 bits per heavy atom. The number of hydrogen-bond donors (Lipinski definition) is 1. The average Bonchev–Trinajstić information content (AvgIpc) is 2.93. The number of hydrogen-bond acceptors (Lipinski definition) is 6. The van der Waals surface area contributed by atoms with E-state index in [9.17, 15) is 4.79 Å². The highest BCUT2D eigenvalue weighted by atomic mass is 16.5. The van der Waals surface area contributed by atoms with Gasteiger partial charge < -0.3 is 14.8 Å². The van der Waals surface area contributed by atoms with Crippen LogP contribution < -0.4 is 10.1 Å². The Bertz CT molecular complexity index is 752. The summed E-state index contributed by atoms with van der Waals surface area (Å²) >= 11 is 0. The van der Waals surface area contributed by atoms with Crippen LogP contribution in [0.5, 0.6) is 5.88 Å². The van der Waals surface area contributed by atoms with Crippen LogP contribution in [0.2, 0.25) is 0 Å². The van der Waals surface area contributed by atoms with E-state index in [4.69, 9.17) is 9.47 Å². The van der Waals surface area contributed by atoms with Crippen molar-refractivity contribution in [3.63, 3.8) is 0 Å². The molecule has 0 aromatic carbocycles. The van der Waals surface area contributed by atoms with Crippen molar-refractivity contribution >= 4 is 11.8 Å². The van der Waals surface area contributed by atoms with Crippen LogP contribution in [0.15, 0.2) is 18.3 Å². The van der Waals surface area contributed by atoms with E-state index in [1.165, 1.54) is 0 Å². The van der Waals surface area contributed by atoms with Gasteiger partial charge in [-0.25, -0.2) is 14.5 Å². The Hall–Kier alpha value is -2.57. The molecule has 134 valence electrons. The largest absolute Gasteiger partial charge is 0.474 e. The quantitative estimate of drug-likeness (QED) is 0.840. The lowest BCUT2D eigenvalue weighted by atomic mass is 10.1. The number of rotatable bonds is 5. The van der Waals surface area contributed by atoms with Gasteiger partial charge in [0.05, 0.1) is 12.7 Å². The number of pyridine rings is 1. The predicted octanol–water partition coefficient (Wildman–Crippen LogP) is 3.11. The van der Waals surface area contributed by atoms with E-state index in [2.05, 4.69) is 29.2 Å². The maximum atomic E-state index is 12.5. The number of carbonyl (C=O) groups excluding carboxylic acids is 1. The summed E-state index contributed by atoms with van der Waals surface area (Å²) in [5.74, 6) is 0.846. The zero-order valence-electron chi connectivity index (χ0n) is 15.1. The third-order valence-corrected chi connectivity index (χ3v) is 3.92. The van der Waals surface area contributed by atoms with Crippen molar-refractivity contribution in [3.8, 4) is 17.1 Å². The first-order valence-corrected chi connectivity index (χ1v) is 8.67. The van der Waals surface area contributed by atoms with Crippen molar-refractivity contribution in [1.29, 1.82) is 0 Å². The number of aryl methyl sites for hydroxylation is 1. The summed E-state index contributed by atoms with van der Waals surface area (Å²) in [6, 6.07) is 4.08. The van der Waals surface area contributed by atoms with E-state index in [0.717, 1.165) is 17.8 Å². The Kier molecular flexibility index (Phi) is 4.92. The predicted molar refractivity (Wildman–Crippen MR) is 94.9 cm³/mol. The topological polar surface area (TPSA) is 78.3 Å². The fourth-order valence-electron chi connectivity index (χ4n) is 2.78. The first-order chi connectivity index (χ1) is 12.0. The molecule has 0 amide bonds. The van der Waals surface area contributed by atoms with Crippen molar-refractivity contribution in [3.05, 3.63) is 23.9 Å². The molecule has 1 aliphatic rings. The van der Waals surface area contributed by atoms with E-state index in [1.807, 2.05) is 19.1 Å². The van der Waals surface area contributed by atoms with E-state index in [1.54, 1.807) is 17.8 Å². The molecule has 0 radical (unpaired) electrons. The minimum atomic E-state index is -0.419. The number of nitrogens with one attached hydrogen (secondary N) is 1. The van der Waals surface area contributed by atoms with Crippen LogP contribution in [0.3, 0.4) is 0 Å². The van der Waals surface area contributed by atoms with Crippen molar-refractivity contribution in [2.24, 2.45) is 0 Å². The number of esters is 1. The summed E-state index contributed by atoms with van der Waals surface area (Å²) in [6.45, 7) is 8.88. The van der Waals surface area contributed by atoms with E-state index in [-0.39, 0.29) is 6.10 Å². The highest BCUT2D eigenvalue weighted by Gasteiger charge is 2.31. The van der Waals surface area contributed by atoms with Gasteiger partial charge in [0, 0.05) is 30.8 Å². The minimum absolute atomic E-state index is 0.0426. The molecule has 2 aromatic rings. The van der Waals surface area contributed by atoms with Crippen molar-refractivity contribution in [2.75, 3.05) is 11.9 Å². The molecule has 3 rings (SSSR count). The first-order valence-electron chi connectivity index (χ1n) is 8.67. The highest BCUT2D eigenvalue weighted by Crippen LogP contribution is 2.34. The molecule has 7 nitrogen and oxygen atoms in total. The molecule has 0 aliphatic carbocycles. The lowest BCUT2D eigenvalue weighted by Crippen LogP contribution is -2.24. The summed E-state index contributed by atoms with van der Waals surface area (Å²) in [6.07, 6.45) is 2.61. The number of ether oxygens (including phenoxy) is 2. The van der Waals surface area contributed by atoms with Crippen LogP contribution in [-0.2, 0) is 11.3 Å². The van der Waals surface area contributed by atoms with Gasteiger partial charge in [-0.15, -0.1) is 0 Å². The molecule has 1 atom stereocenters. The lowest BCUT2D eigenvalue weighted by Gasteiger charge is -2.21. The zero-order chi connectivity index (χ0) is 18.0. The van der Waals surface area contributed by atoms with E-state index in [0.29, 0.717) is 36.3 Å². The van der Waals surface area contributed by atoms with Gasteiger partial charge in [0.25, 0.3) is 0 Å². The molecule has 1 unspecified atom stereocenters. The fourth-order valence-corrected chi connectivity index (χ4v) is 2.78. The Morgan fingerprint density at radius 1 is 1.48 bits per heavy atom. The van der Waals surface area contributed by atoms with Crippen LogP contribution in [0.1, 0.15) is 44.5 Å². The molecule has 1 N–H and O–H groups in total. The summed E-state index contributed by atoms with van der Waals surface area (Å²) in [7, 11) is 0. The normalized spacial score (nSPS) is 16.3. The van der Waals surface area contributed by atoms with Gasteiger partial charge in [-0.2, -0.15) is 5.10 Å². The first kappa shape index (κ1) is 17.3. The number of nitrogens with zero attached hydrogens (tertiary/aromatic N) is 3. The van der Waals surface area contributed by atoms with Crippen LogP contribution in [0.4, 0.5) is 5.82 Å². The summed E-state index contributed by atoms with van der Waals surface area (Å²) in [5, 5.41) is 7.82. The van der Waals surface area contributed by atoms with Crippen LogP contribution in [0, 0.1) is 0 Å². The smallest absolute Gasteiger partial charge is 0.345 e. The van der Waals surface area contributed by atoms with Gasteiger partial charge >= 0.3 is 5.97 Å².